The van der Waals surface area contributed by atoms with Crippen molar-refractivity contribution in [1.29, 1.82) is 0 Å². The quantitative estimate of drug-likeness (QED) is 0.888. The molecule has 0 unspecified atom stereocenters. The van der Waals surface area contributed by atoms with E-state index in [4.69, 9.17) is 15.2 Å². The zero-order chi connectivity index (χ0) is 14.1. The summed E-state index contributed by atoms with van der Waals surface area (Å²) in [5.41, 5.74) is 8.53. The second-order valence-corrected chi connectivity index (χ2v) is 6.18. The summed E-state index contributed by atoms with van der Waals surface area (Å²) in [5, 5.41) is 0. The molecule has 1 aromatic rings. The van der Waals surface area contributed by atoms with Gasteiger partial charge in [0.1, 0.15) is 5.75 Å². The van der Waals surface area contributed by atoms with Gasteiger partial charge in [0.2, 0.25) is 0 Å². The fourth-order valence-electron chi connectivity index (χ4n) is 3.03. The number of methoxy groups -OCH3 is 1. The van der Waals surface area contributed by atoms with E-state index in [1.807, 2.05) is 0 Å². The third-order valence-electron chi connectivity index (χ3n) is 4.71. The van der Waals surface area contributed by atoms with Gasteiger partial charge in [0.05, 0.1) is 20.3 Å². The largest absolute Gasteiger partial charge is 0.496 e. The Kier molecular flexibility index (Phi) is 3.88. The van der Waals surface area contributed by atoms with Crippen LogP contribution in [0.2, 0.25) is 0 Å². The van der Waals surface area contributed by atoms with Crippen LogP contribution in [-0.2, 0) is 10.2 Å². The van der Waals surface area contributed by atoms with Gasteiger partial charge in [0.15, 0.2) is 0 Å². The molecule has 2 rings (SSSR count). The van der Waals surface area contributed by atoms with E-state index in [-0.39, 0.29) is 10.8 Å². The predicted octanol–water partition coefficient (Wildman–Crippen LogP) is 2.65. The number of rotatable bonds is 5. The minimum atomic E-state index is 0.0867. The van der Waals surface area contributed by atoms with Gasteiger partial charge in [-0.3, -0.25) is 0 Å². The number of hydrogen-bond donors (Lipinski definition) is 1. The molecule has 1 fully saturated rings. The molecular formula is C16H25NO2. The Labute approximate surface area is 116 Å². The maximum atomic E-state index is 5.78. The highest BCUT2D eigenvalue weighted by Gasteiger charge is 2.51. The Morgan fingerprint density at radius 3 is 2.47 bits per heavy atom. The second-order valence-electron chi connectivity index (χ2n) is 6.18. The first-order valence-corrected chi connectivity index (χ1v) is 6.90. The van der Waals surface area contributed by atoms with Gasteiger partial charge in [-0.05, 0) is 42.5 Å². The molecule has 2 N–H and O–H groups in total. The molecular weight excluding hydrogens is 238 g/mol. The molecule has 3 nitrogen and oxygen atoms in total. The van der Waals surface area contributed by atoms with E-state index < -0.39 is 0 Å². The van der Waals surface area contributed by atoms with Gasteiger partial charge >= 0.3 is 0 Å². The van der Waals surface area contributed by atoms with Crippen molar-refractivity contribution in [2.24, 2.45) is 11.1 Å². The van der Waals surface area contributed by atoms with E-state index in [2.05, 4.69) is 39.0 Å². The molecule has 0 aromatic heterocycles. The summed E-state index contributed by atoms with van der Waals surface area (Å²) in [6, 6.07) is 6.47. The number of aryl methyl sites for hydroxylation is 1. The highest BCUT2D eigenvalue weighted by Crippen LogP contribution is 2.49. The average molecular weight is 263 g/mol. The van der Waals surface area contributed by atoms with Crippen LogP contribution in [-0.4, -0.2) is 26.9 Å². The fourth-order valence-corrected chi connectivity index (χ4v) is 3.03. The highest BCUT2D eigenvalue weighted by molar-refractivity contribution is 5.41. The average Bonchev–Trinajstić information content (AvgIpc) is 2.27. The summed E-state index contributed by atoms with van der Waals surface area (Å²) in [7, 11) is 1.71. The van der Waals surface area contributed by atoms with E-state index in [1.54, 1.807) is 7.11 Å². The molecule has 0 saturated carbocycles. The molecule has 0 atom stereocenters. The Bertz CT molecular complexity index is 450. The van der Waals surface area contributed by atoms with Crippen molar-refractivity contribution in [3.05, 3.63) is 29.3 Å². The van der Waals surface area contributed by atoms with E-state index in [0.717, 1.165) is 25.4 Å². The number of ether oxygens (including phenoxy) is 2. The van der Waals surface area contributed by atoms with Crippen molar-refractivity contribution in [3.63, 3.8) is 0 Å². The van der Waals surface area contributed by atoms with Crippen molar-refractivity contribution < 1.29 is 9.47 Å². The van der Waals surface area contributed by atoms with Gasteiger partial charge in [0, 0.05) is 5.41 Å². The molecule has 1 aliphatic rings. The van der Waals surface area contributed by atoms with Crippen LogP contribution < -0.4 is 10.5 Å². The number of benzene rings is 1. The summed E-state index contributed by atoms with van der Waals surface area (Å²) in [6.45, 7) is 8.96. The molecule has 1 aromatic carbocycles. The monoisotopic (exact) mass is 263 g/mol. The van der Waals surface area contributed by atoms with Crippen molar-refractivity contribution in [3.8, 4) is 5.75 Å². The minimum absolute atomic E-state index is 0.0867. The van der Waals surface area contributed by atoms with Gasteiger partial charge in [-0.1, -0.05) is 26.0 Å². The number of nitrogens with two attached hydrogens (primary N) is 1. The van der Waals surface area contributed by atoms with Crippen molar-refractivity contribution >= 4 is 0 Å². The predicted molar refractivity (Wildman–Crippen MR) is 77.7 cm³/mol. The zero-order valence-electron chi connectivity index (χ0n) is 12.5. The smallest absolute Gasteiger partial charge is 0.121 e. The highest BCUT2D eigenvalue weighted by atomic mass is 16.5. The summed E-state index contributed by atoms with van der Waals surface area (Å²) in [6.07, 6.45) is 1.00. The van der Waals surface area contributed by atoms with Crippen LogP contribution in [0.4, 0.5) is 0 Å². The summed E-state index contributed by atoms with van der Waals surface area (Å²) in [5.74, 6) is 0.941. The van der Waals surface area contributed by atoms with Crippen molar-refractivity contribution in [2.75, 3.05) is 26.9 Å². The number of hydrogen-bond acceptors (Lipinski definition) is 3. The van der Waals surface area contributed by atoms with E-state index in [9.17, 15) is 0 Å². The minimum Gasteiger partial charge on any atom is -0.496 e. The Balaban J connectivity index is 2.39. The van der Waals surface area contributed by atoms with E-state index in [0.29, 0.717) is 6.54 Å². The van der Waals surface area contributed by atoms with Gasteiger partial charge in [-0.15, -0.1) is 0 Å². The standard InChI is InChI=1S/C16H25NO2/c1-12-9-13(5-6-14(12)18-4)16(10-19-11-16)15(2,3)7-8-17/h5-6,9H,7-8,10-11,17H2,1-4H3. The summed E-state index contributed by atoms with van der Waals surface area (Å²) < 4.78 is 10.9. The molecule has 19 heavy (non-hydrogen) atoms. The van der Waals surface area contributed by atoms with Crippen LogP contribution in [0.5, 0.6) is 5.75 Å². The molecule has 0 aliphatic carbocycles. The molecule has 0 bridgehead atoms. The topological polar surface area (TPSA) is 44.5 Å². The van der Waals surface area contributed by atoms with Gasteiger partial charge in [-0.25, -0.2) is 0 Å². The molecule has 3 heteroatoms. The van der Waals surface area contributed by atoms with E-state index in [1.165, 1.54) is 11.1 Å². The molecule has 1 aliphatic heterocycles. The van der Waals surface area contributed by atoms with Crippen LogP contribution in [0, 0.1) is 12.3 Å². The maximum Gasteiger partial charge on any atom is 0.121 e. The third kappa shape index (κ3) is 2.26. The van der Waals surface area contributed by atoms with Crippen molar-refractivity contribution in [2.45, 2.75) is 32.6 Å². The molecule has 0 amide bonds. The second kappa shape index (κ2) is 5.14. The third-order valence-corrected chi connectivity index (χ3v) is 4.71. The molecule has 0 radical (unpaired) electrons. The van der Waals surface area contributed by atoms with Crippen molar-refractivity contribution in [1.82, 2.24) is 0 Å². The fraction of sp³-hybridized carbons (Fsp3) is 0.625. The first-order chi connectivity index (χ1) is 8.97. The van der Waals surface area contributed by atoms with Gasteiger partial charge in [-0.2, -0.15) is 0 Å². The Morgan fingerprint density at radius 1 is 1.37 bits per heavy atom. The first-order valence-electron chi connectivity index (χ1n) is 6.90. The van der Waals surface area contributed by atoms with Gasteiger partial charge in [0.25, 0.3) is 0 Å². The van der Waals surface area contributed by atoms with Crippen LogP contribution in [0.25, 0.3) is 0 Å². The van der Waals surface area contributed by atoms with Gasteiger partial charge < -0.3 is 15.2 Å². The molecule has 0 spiro atoms. The first kappa shape index (κ1) is 14.4. The lowest BCUT2D eigenvalue weighted by atomic mass is 9.59. The summed E-state index contributed by atoms with van der Waals surface area (Å²) in [4.78, 5) is 0. The van der Waals surface area contributed by atoms with Crippen LogP contribution in [0.1, 0.15) is 31.4 Å². The van der Waals surface area contributed by atoms with Crippen LogP contribution in [0.3, 0.4) is 0 Å². The maximum absolute atomic E-state index is 5.78. The summed E-state index contributed by atoms with van der Waals surface area (Å²) >= 11 is 0. The lowest BCUT2D eigenvalue weighted by molar-refractivity contribution is -0.121. The normalized spacial score (nSPS) is 17.9. The zero-order valence-corrected chi connectivity index (χ0v) is 12.5. The lowest BCUT2D eigenvalue weighted by Crippen LogP contribution is -2.57. The van der Waals surface area contributed by atoms with E-state index >= 15 is 0 Å². The SMILES string of the molecule is COc1ccc(C2(C(C)(C)CCN)COC2)cc1C. The Hall–Kier alpha value is -1.06. The molecule has 106 valence electrons. The lowest BCUT2D eigenvalue weighted by Gasteiger charge is -2.53. The van der Waals surface area contributed by atoms with Crippen LogP contribution >= 0.6 is 0 Å². The van der Waals surface area contributed by atoms with Crippen LogP contribution in [0.15, 0.2) is 18.2 Å². The molecule has 1 heterocycles. The Morgan fingerprint density at radius 2 is 2.05 bits per heavy atom. The molecule has 1 saturated heterocycles.